The van der Waals surface area contributed by atoms with Crippen LogP contribution in [0.5, 0.6) is 0 Å². The molecular weight excluding hydrogens is 248 g/mol. The summed E-state index contributed by atoms with van der Waals surface area (Å²) < 4.78 is 2.19. The molecule has 3 heteroatoms. The number of rotatable bonds is 7. The van der Waals surface area contributed by atoms with Crippen LogP contribution in [0.2, 0.25) is 0 Å². The van der Waals surface area contributed by atoms with Crippen LogP contribution in [0, 0.1) is 5.92 Å². The Morgan fingerprint density at radius 1 is 1.10 bits per heavy atom. The predicted octanol–water partition coefficient (Wildman–Crippen LogP) is 2.64. The van der Waals surface area contributed by atoms with Crippen molar-refractivity contribution in [2.24, 2.45) is 5.92 Å². The highest BCUT2D eigenvalue weighted by molar-refractivity contribution is 5.17. The third-order valence-electron chi connectivity index (χ3n) is 3.47. The predicted molar refractivity (Wildman–Crippen MR) is 82.5 cm³/mol. The number of benzene rings is 1. The van der Waals surface area contributed by atoms with Crippen LogP contribution in [0.4, 0.5) is 0 Å². The summed E-state index contributed by atoms with van der Waals surface area (Å²) in [5.74, 6) is 0.296. The average Bonchev–Trinajstić information content (AvgIpc) is 2.87. The maximum absolute atomic E-state index is 9.74. The van der Waals surface area contributed by atoms with Crippen molar-refractivity contribution in [2.75, 3.05) is 6.54 Å². The standard InChI is InChI=1S/C17H24N2O/c1-14(2)17(20)11-18-10-16-8-9-19(13-16)12-15-6-4-3-5-7-15/h3-9,13-14,17-18,20H,10-12H2,1-2H3. The minimum absolute atomic E-state index is 0.276. The minimum atomic E-state index is -0.276. The fraction of sp³-hybridized carbons (Fsp3) is 0.412. The van der Waals surface area contributed by atoms with E-state index in [2.05, 4.69) is 52.6 Å². The van der Waals surface area contributed by atoms with Crippen molar-refractivity contribution >= 4 is 0 Å². The smallest absolute Gasteiger partial charge is 0.0687 e. The number of nitrogens with one attached hydrogen (secondary N) is 1. The molecule has 1 aromatic carbocycles. The van der Waals surface area contributed by atoms with E-state index in [-0.39, 0.29) is 6.10 Å². The average molecular weight is 272 g/mol. The molecule has 0 aliphatic rings. The van der Waals surface area contributed by atoms with Crippen molar-refractivity contribution in [3.8, 4) is 0 Å². The van der Waals surface area contributed by atoms with E-state index < -0.39 is 0 Å². The van der Waals surface area contributed by atoms with Crippen molar-refractivity contribution in [2.45, 2.75) is 33.0 Å². The van der Waals surface area contributed by atoms with Gasteiger partial charge in [-0.1, -0.05) is 44.2 Å². The Hall–Kier alpha value is -1.58. The molecule has 0 saturated heterocycles. The first-order valence-corrected chi connectivity index (χ1v) is 7.22. The van der Waals surface area contributed by atoms with Gasteiger partial charge in [0.25, 0.3) is 0 Å². The lowest BCUT2D eigenvalue weighted by atomic mass is 10.1. The zero-order valence-electron chi connectivity index (χ0n) is 12.3. The van der Waals surface area contributed by atoms with E-state index in [1.165, 1.54) is 11.1 Å². The van der Waals surface area contributed by atoms with Crippen LogP contribution in [0.3, 0.4) is 0 Å². The third kappa shape index (κ3) is 4.51. The Bertz CT molecular complexity index is 505. The van der Waals surface area contributed by atoms with Gasteiger partial charge in [-0.05, 0) is 23.1 Å². The Morgan fingerprint density at radius 3 is 2.55 bits per heavy atom. The molecule has 108 valence electrons. The minimum Gasteiger partial charge on any atom is -0.392 e. The molecule has 1 heterocycles. The van der Waals surface area contributed by atoms with E-state index in [9.17, 15) is 5.11 Å². The second-order valence-corrected chi connectivity index (χ2v) is 5.62. The highest BCUT2D eigenvalue weighted by atomic mass is 16.3. The van der Waals surface area contributed by atoms with E-state index in [0.717, 1.165) is 13.1 Å². The van der Waals surface area contributed by atoms with Gasteiger partial charge in [0.1, 0.15) is 0 Å². The number of nitrogens with zero attached hydrogens (tertiary/aromatic N) is 1. The van der Waals surface area contributed by atoms with Crippen LogP contribution in [0.1, 0.15) is 25.0 Å². The van der Waals surface area contributed by atoms with Crippen molar-refractivity contribution < 1.29 is 5.11 Å². The summed E-state index contributed by atoms with van der Waals surface area (Å²) in [6.45, 7) is 6.40. The van der Waals surface area contributed by atoms with E-state index in [1.807, 2.05) is 19.9 Å². The molecule has 2 aromatic rings. The largest absolute Gasteiger partial charge is 0.392 e. The quantitative estimate of drug-likeness (QED) is 0.813. The van der Waals surface area contributed by atoms with E-state index in [4.69, 9.17) is 0 Å². The maximum atomic E-state index is 9.74. The molecule has 1 atom stereocenters. The second kappa shape index (κ2) is 7.27. The van der Waals surface area contributed by atoms with Crippen LogP contribution in [0.15, 0.2) is 48.8 Å². The summed E-state index contributed by atoms with van der Waals surface area (Å²) in [4.78, 5) is 0. The maximum Gasteiger partial charge on any atom is 0.0687 e. The first-order chi connectivity index (χ1) is 9.65. The second-order valence-electron chi connectivity index (χ2n) is 5.62. The lowest BCUT2D eigenvalue weighted by molar-refractivity contribution is 0.123. The number of hydrogen-bond donors (Lipinski definition) is 2. The summed E-state index contributed by atoms with van der Waals surface area (Å²) in [7, 11) is 0. The highest BCUT2D eigenvalue weighted by Gasteiger charge is 2.08. The van der Waals surface area contributed by atoms with E-state index in [0.29, 0.717) is 12.5 Å². The van der Waals surface area contributed by atoms with Gasteiger partial charge in [-0.15, -0.1) is 0 Å². The Balaban J connectivity index is 1.80. The molecule has 2 rings (SSSR count). The molecule has 3 nitrogen and oxygen atoms in total. The van der Waals surface area contributed by atoms with Gasteiger partial charge in [0, 0.05) is 32.0 Å². The monoisotopic (exact) mass is 272 g/mol. The molecule has 0 bridgehead atoms. The normalized spacial score (nSPS) is 12.8. The van der Waals surface area contributed by atoms with Crippen LogP contribution in [-0.4, -0.2) is 22.3 Å². The zero-order valence-corrected chi connectivity index (χ0v) is 12.3. The molecule has 0 fully saturated rings. The van der Waals surface area contributed by atoms with Crippen LogP contribution in [-0.2, 0) is 13.1 Å². The van der Waals surface area contributed by atoms with Gasteiger partial charge in [-0.2, -0.15) is 0 Å². The van der Waals surface area contributed by atoms with Gasteiger partial charge in [-0.3, -0.25) is 0 Å². The van der Waals surface area contributed by atoms with E-state index >= 15 is 0 Å². The van der Waals surface area contributed by atoms with E-state index in [1.54, 1.807) is 0 Å². The summed E-state index contributed by atoms with van der Waals surface area (Å²) in [5, 5.41) is 13.0. The van der Waals surface area contributed by atoms with Crippen molar-refractivity contribution in [3.05, 3.63) is 59.9 Å². The van der Waals surface area contributed by atoms with Gasteiger partial charge in [0.05, 0.1) is 6.10 Å². The molecule has 2 N–H and O–H groups in total. The Morgan fingerprint density at radius 2 is 1.85 bits per heavy atom. The fourth-order valence-corrected chi connectivity index (χ4v) is 2.09. The van der Waals surface area contributed by atoms with Crippen molar-refractivity contribution in [1.29, 1.82) is 0 Å². The fourth-order valence-electron chi connectivity index (χ4n) is 2.09. The lowest BCUT2D eigenvalue weighted by Gasteiger charge is -2.14. The molecule has 0 saturated carbocycles. The number of aliphatic hydroxyl groups is 1. The first-order valence-electron chi connectivity index (χ1n) is 7.22. The summed E-state index contributed by atoms with van der Waals surface area (Å²) >= 11 is 0. The van der Waals surface area contributed by atoms with Crippen molar-refractivity contribution in [3.63, 3.8) is 0 Å². The van der Waals surface area contributed by atoms with Crippen LogP contribution >= 0.6 is 0 Å². The van der Waals surface area contributed by atoms with Gasteiger partial charge >= 0.3 is 0 Å². The SMILES string of the molecule is CC(C)C(O)CNCc1ccn(Cc2ccccc2)c1. The van der Waals surface area contributed by atoms with Crippen LogP contribution < -0.4 is 5.32 Å². The van der Waals surface area contributed by atoms with Crippen LogP contribution in [0.25, 0.3) is 0 Å². The third-order valence-corrected chi connectivity index (χ3v) is 3.47. The molecule has 20 heavy (non-hydrogen) atoms. The first kappa shape index (κ1) is 14.8. The molecule has 0 amide bonds. The molecule has 1 unspecified atom stereocenters. The summed E-state index contributed by atoms with van der Waals surface area (Å²) in [6.07, 6.45) is 3.98. The molecule has 0 aliphatic heterocycles. The molecule has 1 aromatic heterocycles. The lowest BCUT2D eigenvalue weighted by Crippen LogP contribution is -2.30. The Kier molecular flexibility index (Phi) is 5.39. The molecule has 0 spiro atoms. The topological polar surface area (TPSA) is 37.2 Å². The Labute approximate surface area is 121 Å². The molecular formula is C17H24N2O. The summed E-state index contributed by atoms with van der Waals surface area (Å²) in [5.41, 5.74) is 2.55. The number of aromatic nitrogens is 1. The number of aliphatic hydroxyl groups excluding tert-OH is 1. The van der Waals surface area contributed by atoms with Gasteiger partial charge in [-0.25, -0.2) is 0 Å². The van der Waals surface area contributed by atoms with Gasteiger partial charge in [0.2, 0.25) is 0 Å². The number of hydrogen-bond acceptors (Lipinski definition) is 2. The highest BCUT2D eigenvalue weighted by Crippen LogP contribution is 2.06. The summed E-state index contributed by atoms with van der Waals surface area (Å²) in [6, 6.07) is 12.6. The van der Waals surface area contributed by atoms with Gasteiger partial charge < -0.3 is 15.0 Å². The molecule has 0 aliphatic carbocycles. The molecule has 0 radical (unpaired) electrons. The zero-order chi connectivity index (χ0) is 14.4. The van der Waals surface area contributed by atoms with Gasteiger partial charge in [0.15, 0.2) is 0 Å². The van der Waals surface area contributed by atoms with Crippen molar-refractivity contribution in [1.82, 2.24) is 9.88 Å².